The fourth-order valence-electron chi connectivity index (χ4n) is 7.12. The maximum absolute atomic E-state index is 4.90. The predicted octanol–water partition coefficient (Wildman–Crippen LogP) is 11.9. The van der Waals surface area contributed by atoms with Crippen LogP contribution in [0.1, 0.15) is 76.6 Å². The molecule has 2 aromatic heterocycles. The Morgan fingerprint density at radius 1 is 0.667 bits per heavy atom. The molecule has 7 aromatic rings. The zero-order valence-electron chi connectivity index (χ0n) is 30.3. The third-order valence-corrected chi connectivity index (χ3v) is 10.2. The Balaban J connectivity index is 0.00000406. The van der Waals surface area contributed by atoms with Crippen molar-refractivity contribution in [2.75, 3.05) is 9.80 Å². The fourth-order valence-corrected chi connectivity index (χ4v) is 7.12. The molecule has 5 aromatic carbocycles. The predicted molar refractivity (Wildman–Crippen MR) is 209 cm³/mol. The molecular formula is C46H43N4Pt-3. The van der Waals surface area contributed by atoms with Gasteiger partial charge in [-0.1, -0.05) is 103 Å². The summed E-state index contributed by atoms with van der Waals surface area (Å²) in [5.74, 6) is 1.26. The fraction of sp³-hybridized carbons (Fsp3) is 0.217. The summed E-state index contributed by atoms with van der Waals surface area (Å²) in [7, 11) is 0. The minimum Gasteiger partial charge on any atom is -0.493 e. The Morgan fingerprint density at radius 3 is 2.08 bits per heavy atom. The van der Waals surface area contributed by atoms with Crippen molar-refractivity contribution >= 4 is 44.6 Å². The Bertz CT molecular complexity index is 2360. The van der Waals surface area contributed by atoms with E-state index in [1.807, 2.05) is 6.20 Å². The molecule has 0 atom stereocenters. The molecule has 0 amide bonds. The summed E-state index contributed by atoms with van der Waals surface area (Å²) in [6.07, 6.45) is 1.94. The topological polar surface area (TPSA) is 24.3 Å². The van der Waals surface area contributed by atoms with Gasteiger partial charge in [0, 0.05) is 49.8 Å². The molecule has 1 aliphatic rings. The second kappa shape index (κ2) is 13.1. The van der Waals surface area contributed by atoms with Gasteiger partial charge in [0.1, 0.15) is 5.82 Å². The van der Waals surface area contributed by atoms with Gasteiger partial charge in [0.05, 0.1) is 0 Å². The van der Waals surface area contributed by atoms with E-state index in [9.17, 15) is 0 Å². The monoisotopic (exact) mass is 846 g/mol. The van der Waals surface area contributed by atoms with Crippen molar-refractivity contribution < 1.29 is 21.1 Å². The molecular weight excluding hydrogens is 804 g/mol. The SMILES string of the molecule is CC(C)c1cc(N2[CH-]N(c3ccccc3)c3ccccc32)[c-]c(C(C)(C)c2[c-]c3c(cc2)c2ccccc2n3-c2cc(C(C)(C)C)ccn2)c1.[Pt]. The van der Waals surface area contributed by atoms with Gasteiger partial charge < -0.3 is 14.4 Å². The first-order chi connectivity index (χ1) is 24.0. The van der Waals surface area contributed by atoms with Crippen LogP contribution in [-0.4, -0.2) is 9.55 Å². The molecule has 0 radical (unpaired) electrons. The van der Waals surface area contributed by atoms with Crippen molar-refractivity contribution in [3.63, 3.8) is 0 Å². The Hall–Kier alpha value is -4.66. The number of benzene rings is 5. The standard InChI is InChI=1S/C46H43N4.Pt/c1-31(2)32-25-35(27-37(26-32)49-30-48(36-15-9-8-10-16-36)41-19-13-14-20-42(41)49)46(6,7)34-21-22-39-38-17-11-12-18-40(38)50(43(39)28-34)44-29-33(23-24-47-44)45(3,4)5;/h8-26,29-31H,1-7H3;/q-3;. The van der Waals surface area contributed by atoms with Crippen molar-refractivity contribution in [3.05, 3.63) is 163 Å². The minimum atomic E-state index is -0.395. The smallest absolute Gasteiger partial charge is 0.135 e. The van der Waals surface area contributed by atoms with Gasteiger partial charge >= 0.3 is 0 Å². The molecule has 0 aliphatic carbocycles. The summed E-state index contributed by atoms with van der Waals surface area (Å²) in [5.41, 5.74) is 11.0. The number of aromatic nitrogens is 2. The Morgan fingerprint density at radius 2 is 1.35 bits per heavy atom. The van der Waals surface area contributed by atoms with E-state index in [4.69, 9.17) is 4.98 Å². The number of anilines is 4. The molecule has 5 heteroatoms. The molecule has 0 unspecified atom stereocenters. The summed E-state index contributed by atoms with van der Waals surface area (Å²) >= 11 is 0. The number of hydrogen-bond donors (Lipinski definition) is 0. The maximum atomic E-state index is 4.90. The second-order valence-electron chi connectivity index (χ2n) is 15.3. The van der Waals surface area contributed by atoms with Crippen LogP contribution >= 0.6 is 0 Å². The van der Waals surface area contributed by atoms with Gasteiger partial charge in [-0.05, 0) is 70.2 Å². The second-order valence-corrected chi connectivity index (χ2v) is 15.3. The molecule has 0 spiro atoms. The van der Waals surface area contributed by atoms with Gasteiger partial charge in [-0.3, -0.25) is 0 Å². The third kappa shape index (κ3) is 6.08. The van der Waals surface area contributed by atoms with Crippen LogP contribution in [0.15, 0.2) is 121 Å². The maximum Gasteiger partial charge on any atom is 0.135 e. The van der Waals surface area contributed by atoms with Crippen molar-refractivity contribution in [1.82, 2.24) is 9.55 Å². The van der Waals surface area contributed by atoms with Crippen LogP contribution in [0, 0.1) is 18.8 Å². The van der Waals surface area contributed by atoms with Crippen LogP contribution in [0.3, 0.4) is 0 Å². The van der Waals surface area contributed by atoms with E-state index in [1.54, 1.807) is 0 Å². The van der Waals surface area contributed by atoms with Crippen molar-refractivity contribution in [3.8, 4) is 5.82 Å². The molecule has 1 aliphatic heterocycles. The first-order valence-corrected chi connectivity index (χ1v) is 17.6. The van der Waals surface area contributed by atoms with Crippen LogP contribution in [0.5, 0.6) is 0 Å². The van der Waals surface area contributed by atoms with Crippen LogP contribution in [0.4, 0.5) is 22.7 Å². The zero-order valence-corrected chi connectivity index (χ0v) is 32.6. The number of para-hydroxylation sites is 4. The van der Waals surface area contributed by atoms with Gasteiger partial charge in [-0.2, -0.15) is 47.0 Å². The molecule has 0 bridgehead atoms. The molecule has 0 fully saturated rings. The summed E-state index contributed by atoms with van der Waals surface area (Å²) in [5, 5.41) is 2.38. The van der Waals surface area contributed by atoms with Gasteiger partial charge in [0.25, 0.3) is 0 Å². The number of nitrogens with zero attached hydrogens (tertiary/aromatic N) is 4. The number of hydrogen-bond acceptors (Lipinski definition) is 3. The molecule has 260 valence electrons. The average Bonchev–Trinajstić information content (AvgIpc) is 3.68. The normalized spacial score (nSPS) is 13.3. The minimum absolute atomic E-state index is 0. The zero-order chi connectivity index (χ0) is 34.8. The molecule has 51 heavy (non-hydrogen) atoms. The largest absolute Gasteiger partial charge is 0.493 e. The van der Waals surface area contributed by atoms with Crippen molar-refractivity contribution in [2.45, 2.75) is 65.2 Å². The molecule has 4 nitrogen and oxygen atoms in total. The summed E-state index contributed by atoms with van der Waals surface area (Å²) in [6.45, 7) is 18.1. The van der Waals surface area contributed by atoms with E-state index < -0.39 is 5.41 Å². The molecule has 0 saturated heterocycles. The van der Waals surface area contributed by atoms with Crippen LogP contribution in [0.25, 0.3) is 27.6 Å². The third-order valence-electron chi connectivity index (χ3n) is 10.2. The summed E-state index contributed by atoms with van der Waals surface area (Å²) in [4.78, 5) is 9.45. The summed E-state index contributed by atoms with van der Waals surface area (Å²) in [6, 6.07) is 49.1. The average molecular weight is 847 g/mol. The quantitative estimate of drug-likeness (QED) is 0.156. The number of fused-ring (bicyclic) bond motifs is 4. The van der Waals surface area contributed by atoms with Gasteiger partial charge in [0.15, 0.2) is 0 Å². The van der Waals surface area contributed by atoms with E-state index in [0.717, 1.165) is 50.7 Å². The van der Waals surface area contributed by atoms with E-state index in [0.29, 0.717) is 5.92 Å². The molecule has 0 saturated carbocycles. The van der Waals surface area contributed by atoms with Crippen LogP contribution in [-0.2, 0) is 31.9 Å². The number of pyridine rings is 1. The number of rotatable bonds is 6. The Labute approximate surface area is 317 Å². The van der Waals surface area contributed by atoms with Gasteiger partial charge in [-0.15, -0.1) is 23.8 Å². The van der Waals surface area contributed by atoms with Crippen LogP contribution < -0.4 is 9.80 Å². The summed E-state index contributed by atoms with van der Waals surface area (Å²) < 4.78 is 2.29. The Kier molecular flexibility index (Phi) is 8.96. The first-order valence-electron chi connectivity index (χ1n) is 17.6. The molecule has 3 heterocycles. The van der Waals surface area contributed by atoms with Crippen LogP contribution in [0.2, 0.25) is 0 Å². The van der Waals surface area contributed by atoms with Gasteiger partial charge in [0.2, 0.25) is 0 Å². The molecule has 0 N–H and O–H groups in total. The first kappa shape index (κ1) is 34.8. The van der Waals surface area contributed by atoms with Crippen molar-refractivity contribution in [1.29, 1.82) is 0 Å². The molecule has 8 rings (SSSR count). The van der Waals surface area contributed by atoms with Crippen molar-refractivity contribution in [2.24, 2.45) is 0 Å². The van der Waals surface area contributed by atoms with E-state index >= 15 is 0 Å². The van der Waals surface area contributed by atoms with E-state index in [2.05, 4.69) is 197 Å². The van der Waals surface area contributed by atoms with Gasteiger partial charge in [-0.25, -0.2) is 4.98 Å². The van der Waals surface area contributed by atoms with E-state index in [-0.39, 0.29) is 26.5 Å². The van der Waals surface area contributed by atoms with E-state index in [1.165, 1.54) is 21.9 Å².